The molecule has 6 nitrogen and oxygen atoms in total. The number of nitrogens with one attached hydrogen (secondary N) is 1. The first kappa shape index (κ1) is 21.1. The lowest BCUT2D eigenvalue weighted by Crippen LogP contribution is -2.31. The third-order valence-corrected chi connectivity index (χ3v) is 4.66. The molecule has 1 aliphatic rings. The Bertz CT molecular complexity index is 878. The van der Waals surface area contributed by atoms with Gasteiger partial charge in [0, 0.05) is 25.7 Å². The first-order chi connectivity index (χ1) is 13.6. The molecule has 8 heteroatoms. The van der Waals surface area contributed by atoms with E-state index in [0.717, 1.165) is 36.5 Å². The Labute approximate surface area is 169 Å². The lowest BCUT2D eigenvalue weighted by Gasteiger charge is -2.30. The van der Waals surface area contributed by atoms with Crippen molar-refractivity contribution < 1.29 is 13.6 Å². The van der Waals surface area contributed by atoms with Crippen molar-refractivity contribution in [3.05, 3.63) is 41.0 Å². The lowest BCUT2D eigenvalue weighted by atomic mass is 9.92. The van der Waals surface area contributed by atoms with Gasteiger partial charge >= 0.3 is 0 Å². The number of alkyl halides is 2. The first-order valence-corrected chi connectivity index (χ1v) is 9.78. The number of rotatable bonds is 5. The average Bonchev–Trinajstić information content (AvgIpc) is 2.62. The summed E-state index contributed by atoms with van der Waals surface area (Å²) >= 11 is 0. The molecule has 0 radical (unpaired) electrons. The van der Waals surface area contributed by atoms with E-state index < -0.39 is 6.43 Å². The van der Waals surface area contributed by atoms with Gasteiger partial charge in [0.2, 0.25) is 5.91 Å². The van der Waals surface area contributed by atoms with Crippen LogP contribution in [0.4, 0.5) is 20.4 Å². The highest BCUT2D eigenvalue weighted by Crippen LogP contribution is 2.28. The Kier molecular flexibility index (Phi) is 6.10. The smallest absolute Gasteiger partial charge is 0.280 e. The third-order valence-electron chi connectivity index (χ3n) is 4.66. The van der Waals surface area contributed by atoms with Gasteiger partial charge in [0.05, 0.1) is 11.4 Å². The number of pyridine rings is 1. The number of halogens is 2. The SMILES string of the molecule is Cc1nc2c(nc1NC(=O)CC(C)(C)C)CCCN2Cc1ccc(C(F)F)nc1. The van der Waals surface area contributed by atoms with E-state index in [2.05, 4.69) is 20.2 Å². The summed E-state index contributed by atoms with van der Waals surface area (Å²) in [6, 6.07) is 3.03. The van der Waals surface area contributed by atoms with Gasteiger partial charge in [0.25, 0.3) is 6.43 Å². The van der Waals surface area contributed by atoms with Gasteiger partial charge in [-0.1, -0.05) is 26.8 Å². The summed E-state index contributed by atoms with van der Waals surface area (Å²) in [6.45, 7) is 9.18. The Hall–Kier alpha value is -2.64. The van der Waals surface area contributed by atoms with Crippen LogP contribution in [0.3, 0.4) is 0 Å². The van der Waals surface area contributed by atoms with Crippen molar-refractivity contribution in [2.45, 2.75) is 59.9 Å². The van der Waals surface area contributed by atoms with E-state index in [1.54, 1.807) is 6.07 Å². The number of carbonyl (C=O) groups is 1. The van der Waals surface area contributed by atoms with E-state index in [4.69, 9.17) is 4.98 Å². The molecule has 0 saturated carbocycles. The number of anilines is 2. The van der Waals surface area contributed by atoms with Crippen LogP contribution in [0.2, 0.25) is 0 Å². The lowest BCUT2D eigenvalue weighted by molar-refractivity contribution is -0.117. The van der Waals surface area contributed by atoms with Gasteiger partial charge in [-0.25, -0.2) is 18.7 Å². The number of fused-ring (bicyclic) bond motifs is 1. The summed E-state index contributed by atoms with van der Waals surface area (Å²) in [7, 11) is 0. The molecule has 0 bridgehead atoms. The molecule has 1 N–H and O–H groups in total. The first-order valence-electron chi connectivity index (χ1n) is 9.78. The van der Waals surface area contributed by atoms with Crippen molar-refractivity contribution in [3.63, 3.8) is 0 Å². The zero-order valence-corrected chi connectivity index (χ0v) is 17.3. The maximum atomic E-state index is 12.7. The molecule has 0 aromatic carbocycles. The van der Waals surface area contributed by atoms with Gasteiger partial charge in [-0.05, 0) is 36.8 Å². The second-order valence-corrected chi connectivity index (χ2v) is 8.63. The molecule has 0 saturated heterocycles. The predicted octanol–water partition coefficient (Wildman–Crippen LogP) is 4.45. The molecule has 1 aliphatic heterocycles. The Morgan fingerprint density at radius 2 is 2.03 bits per heavy atom. The van der Waals surface area contributed by atoms with Gasteiger partial charge in [-0.2, -0.15) is 0 Å². The van der Waals surface area contributed by atoms with Crippen LogP contribution in [-0.4, -0.2) is 27.4 Å². The third kappa shape index (κ3) is 5.46. The molecular weight excluding hydrogens is 376 g/mol. The van der Waals surface area contributed by atoms with E-state index in [1.165, 1.54) is 12.3 Å². The molecule has 1 amide bonds. The van der Waals surface area contributed by atoms with Crippen molar-refractivity contribution in [1.82, 2.24) is 15.0 Å². The van der Waals surface area contributed by atoms with E-state index >= 15 is 0 Å². The molecule has 29 heavy (non-hydrogen) atoms. The summed E-state index contributed by atoms with van der Waals surface area (Å²) in [5, 5.41) is 2.89. The number of carbonyl (C=O) groups excluding carboxylic acids is 1. The van der Waals surface area contributed by atoms with Crippen molar-refractivity contribution in [1.29, 1.82) is 0 Å². The fourth-order valence-corrected chi connectivity index (χ4v) is 3.32. The van der Waals surface area contributed by atoms with Crippen molar-refractivity contribution >= 4 is 17.5 Å². The van der Waals surface area contributed by atoms with Crippen LogP contribution in [0.15, 0.2) is 18.3 Å². The molecule has 0 aliphatic carbocycles. The van der Waals surface area contributed by atoms with Gasteiger partial charge in [-0.3, -0.25) is 9.78 Å². The Balaban J connectivity index is 1.77. The van der Waals surface area contributed by atoms with E-state index in [1.807, 2.05) is 27.7 Å². The van der Waals surface area contributed by atoms with Crippen LogP contribution in [0.5, 0.6) is 0 Å². The zero-order valence-electron chi connectivity index (χ0n) is 17.3. The van der Waals surface area contributed by atoms with Crippen molar-refractivity contribution in [2.24, 2.45) is 5.41 Å². The summed E-state index contributed by atoms with van der Waals surface area (Å²) in [5.41, 5.74) is 2.00. The molecule has 156 valence electrons. The van der Waals surface area contributed by atoms with Crippen LogP contribution in [-0.2, 0) is 17.8 Å². The molecule has 3 heterocycles. The van der Waals surface area contributed by atoms with E-state index in [-0.39, 0.29) is 17.0 Å². The minimum absolute atomic E-state index is 0.0762. The average molecular weight is 403 g/mol. The number of hydrogen-bond donors (Lipinski definition) is 1. The highest BCUT2D eigenvalue weighted by molar-refractivity contribution is 5.90. The predicted molar refractivity (Wildman–Crippen MR) is 108 cm³/mol. The molecule has 0 atom stereocenters. The summed E-state index contributed by atoms with van der Waals surface area (Å²) in [5.74, 6) is 1.20. The van der Waals surface area contributed by atoms with Crippen LogP contribution >= 0.6 is 0 Å². The normalized spacial score (nSPS) is 14.1. The van der Waals surface area contributed by atoms with Gasteiger partial charge in [-0.15, -0.1) is 0 Å². The van der Waals surface area contributed by atoms with E-state index in [9.17, 15) is 13.6 Å². The Morgan fingerprint density at radius 3 is 2.66 bits per heavy atom. The molecule has 0 spiro atoms. The molecule has 3 rings (SSSR count). The van der Waals surface area contributed by atoms with Crippen molar-refractivity contribution in [2.75, 3.05) is 16.8 Å². The number of amides is 1. The summed E-state index contributed by atoms with van der Waals surface area (Å²) in [4.78, 5) is 27.6. The van der Waals surface area contributed by atoms with Crippen LogP contribution < -0.4 is 10.2 Å². The number of nitrogens with zero attached hydrogens (tertiary/aromatic N) is 4. The fraction of sp³-hybridized carbons (Fsp3) is 0.524. The molecular formula is C21H27F2N5O. The highest BCUT2D eigenvalue weighted by Gasteiger charge is 2.23. The topological polar surface area (TPSA) is 71.0 Å². The van der Waals surface area contributed by atoms with Gasteiger partial charge in [0.15, 0.2) is 11.6 Å². The largest absolute Gasteiger partial charge is 0.351 e. The van der Waals surface area contributed by atoms with Crippen LogP contribution in [0.25, 0.3) is 0 Å². The maximum Gasteiger partial charge on any atom is 0.280 e. The van der Waals surface area contributed by atoms with Gasteiger partial charge < -0.3 is 10.2 Å². The fourth-order valence-electron chi connectivity index (χ4n) is 3.32. The van der Waals surface area contributed by atoms with Gasteiger partial charge in [0.1, 0.15) is 5.69 Å². The van der Waals surface area contributed by atoms with Crippen molar-refractivity contribution in [3.8, 4) is 0 Å². The quantitative estimate of drug-likeness (QED) is 0.799. The summed E-state index contributed by atoms with van der Waals surface area (Å²) in [6.07, 6.45) is 1.00. The monoisotopic (exact) mass is 403 g/mol. The summed E-state index contributed by atoms with van der Waals surface area (Å²) < 4.78 is 25.4. The standard InChI is InChI=1S/C21H27F2N5O/c1-13-19(27-17(29)10-21(2,3)4)26-16-6-5-9-28(20(16)25-13)12-14-7-8-15(18(22)23)24-11-14/h7-8,11,18H,5-6,9-10,12H2,1-4H3,(H,26,27,29). The molecule has 0 fully saturated rings. The molecule has 0 unspecified atom stereocenters. The highest BCUT2D eigenvalue weighted by atomic mass is 19.3. The number of aromatic nitrogens is 3. The number of hydrogen-bond acceptors (Lipinski definition) is 5. The van der Waals surface area contributed by atoms with Crippen LogP contribution in [0.1, 0.15) is 62.7 Å². The zero-order chi connectivity index (χ0) is 21.2. The van der Waals surface area contributed by atoms with E-state index in [0.29, 0.717) is 24.5 Å². The number of aryl methyl sites for hydroxylation is 2. The maximum absolute atomic E-state index is 12.7. The Morgan fingerprint density at radius 1 is 1.28 bits per heavy atom. The molecule has 2 aromatic heterocycles. The second-order valence-electron chi connectivity index (χ2n) is 8.63. The second kappa shape index (κ2) is 8.39. The minimum atomic E-state index is -2.57. The van der Waals surface area contributed by atoms with Crippen LogP contribution in [0, 0.1) is 12.3 Å². The molecule has 2 aromatic rings. The minimum Gasteiger partial charge on any atom is -0.351 e.